The van der Waals surface area contributed by atoms with Gasteiger partial charge < -0.3 is 10.5 Å². The number of aromatic nitrogens is 5. The number of rotatable bonds is 9. The summed E-state index contributed by atoms with van der Waals surface area (Å²) in [4.78, 5) is 23.4. The average molecular weight is 694 g/mol. The first kappa shape index (κ1) is 33.0. The van der Waals surface area contributed by atoms with Crippen molar-refractivity contribution in [3.05, 3.63) is 116 Å². The van der Waals surface area contributed by atoms with Crippen LogP contribution in [0.1, 0.15) is 28.7 Å². The molecule has 0 aliphatic rings. The molecule has 0 spiro atoms. The van der Waals surface area contributed by atoms with Gasteiger partial charge in [0.15, 0.2) is 11.5 Å². The minimum Gasteiger partial charge on any atom is -0.497 e. The summed E-state index contributed by atoms with van der Waals surface area (Å²) in [5, 5.41) is 5.22. The number of aryl methyl sites for hydroxylation is 2. The number of sulfonamides is 1. The van der Waals surface area contributed by atoms with Crippen LogP contribution in [0.3, 0.4) is 0 Å². The lowest BCUT2D eigenvalue weighted by molar-refractivity contribution is 0.414. The van der Waals surface area contributed by atoms with Crippen LogP contribution in [0.4, 0.5) is 14.6 Å². The van der Waals surface area contributed by atoms with E-state index in [4.69, 9.17) is 22.1 Å². The zero-order valence-electron chi connectivity index (χ0n) is 26.3. The summed E-state index contributed by atoms with van der Waals surface area (Å²) in [6, 6.07) is 15.3. The van der Waals surface area contributed by atoms with Gasteiger partial charge in [-0.15, -0.1) is 0 Å². The van der Waals surface area contributed by atoms with E-state index in [0.717, 1.165) is 28.8 Å². The SMILES string of the molecule is COc1ccc(CN(c2nn(C)c3c(-n4c([C@@H](N)Cc5cc(F)cc(F)c5)nc5nc(C)ccc5c4=O)ccc(Cl)c23)S(C)(=O)=O)cc1. The third-order valence-electron chi connectivity index (χ3n) is 7.87. The molecule has 0 radical (unpaired) electrons. The normalized spacial score (nSPS) is 12.5. The number of methoxy groups -OCH3 is 1. The Bertz CT molecular complexity index is 2360. The fourth-order valence-electron chi connectivity index (χ4n) is 5.67. The number of halogens is 3. The molecule has 0 aliphatic heterocycles. The van der Waals surface area contributed by atoms with E-state index in [1.54, 1.807) is 56.4 Å². The van der Waals surface area contributed by atoms with Crippen molar-refractivity contribution in [2.45, 2.75) is 25.9 Å². The van der Waals surface area contributed by atoms with Gasteiger partial charge >= 0.3 is 0 Å². The number of hydrogen-bond donors (Lipinski definition) is 1. The highest BCUT2D eigenvalue weighted by Gasteiger charge is 2.29. The molecule has 2 N–H and O–H groups in total. The molecule has 248 valence electrons. The highest BCUT2D eigenvalue weighted by atomic mass is 35.5. The van der Waals surface area contributed by atoms with E-state index in [1.807, 2.05) is 0 Å². The van der Waals surface area contributed by atoms with Crippen LogP contribution in [-0.2, 0) is 30.0 Å². The van der Waals surface area contributed by atoms with E-state index in [2.05, 4.69) is 15.1 Å². The number of nitrogens with zero attached hydrogens (tertiary/aromatic N) is 6. The van der Waals surface area contributed by atoms with Gasteiger partial charge in [-0.2, -0.15) is 5.10 Å². The Balaban J connectivity index is 1.58. The van der Waals surface area contributed by atoms with Gasteiger partial charge in [-0.25, -0.2) is 31.5 Å². The lowest BCUT2D eigenvalue weighted by Gasteiger charge is -2.21. The predicted octanol–water partition coefficient (Wildman–Crippen LogP) is 5.12. The smallest absolute Gasteiger partial charge is 0.267 e. The zero-order chi connectivity index (χ0) is 34.5. The van der Waals surface area contributed by atoms with Crippen molar-refractivity contribution >= 4 is 49.4 Å². The molecule has 0 saturated carbocycles. The first-order valence-electron chi connectivity index (χ1n) is 14.6. The van der Waals surface area contributed by atoms with Crippen molar-refractivity contribution in [1.29, 1.82) is 0 Å². The molecule has 0 bridgehead atoms. The summed E-state index contributed by atoms with van der Waals surface area (Å²) >= 11 is 6.76. The molecular formula is C33H30ClF2N7O4S. The molecule has 6 aromatic rings. The lowest BCUT2D eigenvalue weighted by Crippen LogP contribution is -2.30. The summed E-state index contributed by atoms with van der Waals surface area (Å²) in [5.74, 6) is -0.842. The van der Waals surface area contributed by atoms with Crippen LogP contribution in [0.2, 0.25) is 5.02 Å². The standard InChI is InChI=1S/C33H30ClF2N7O4S/c1-18-5-10-24-30(38-18)39-31(26(37)15-20-13-21(35)16-22(36)14-20)43(33(24)44)27-12-11-25(34)28-29(27)41(2)40-32(28)42(48(4,45)46)17-19-6-8-23(47-3)9-7-19/h5-14,16,26H,15,17,37H2,1-4H3/t26-/m0/s1. The minimum absolute atomic E-state index is 0.0397. The van der Waals surface area contributed by atoms with Crippen molar-refractivity contribution in [3.8, 4) is 11.4 Å². The van der Waals surface area contributed by atoms with Gasteiger partial charge in [-0.1, -0.05) is 23.7 Å². The largest absolute Gasteiger partial charge is 0.497 e. The molecule has 0 unspecified atom stereocenters. The summed E-state index contributed by atoms with van der Waals surface area (Å²) < 4.78 is 63.7. The number of nitrogens with two attached hydrogens (primary N) is 1. The van der Waals surface area contributed by atoms with Crippen molar-refractivity contribution in [1.82, 2.24) is 24.3 Å². The second-order valence-electron chi connectivity index (χ2n) is 11.4. The maximum absolute atomic E-state index is 14.3. The molecule has 1 atom stereocenters. The van der Waals surface area contributed by atoms with Crippen molar-refractivity contribution in [2.75, 3.05) is 17.7 Å². The highest BCUT2D eigenvalue weighted by molar-refractivity contribution is 7.92. The first-order chi connectivity index (χ1) is 22.7. The zero-order valence-corrected chi connectivity index (χ0v) is 27.9. The molecule has 3 aromatic carbocycles. The van der Waals surface area contributed by atoms with Crippen LogP contribution in [0, 0.1) is 18.6 Å². The molecule has 0 fully saturated rings. The summed E-state index contributed by atoms with van der Waals surface area (Å²) in [6.45, 7) is 1.68. The second-order valence-corrected chi connectivity index (χ2v) is 13.7. The van der Waals surface area contributed by atoms with Crippen LogP contribution in [0.15, 0.2) is 71.5 Å². The van der Waals surface area contributed by atoms with Crippen molar-refractivity contribution < 1.29 is 21.9 Å². The fourth-order valence-corrected chi connectivity index (χ4v) is 6.74. The highest BCUT2D eigenvalue weighted by Crippen LogP contribution is 2.38. The number of hydrogen-bond acceptors (Lipinski definition) is 8. The van der Waals surface area contributed by atoms with Gasteiger partial charge in [0, 0.05) is 18.8 Å². The molecular weight excluding hydrogens is 664 g/mol. The summed E-state index contributed by atoms with van der Waals surface area (Å²) in [6.07, 6.45) is 0.990. The molecule has 3 aromatic heterocycles. The molecule has 48 heavy (non-hydrogen) atoms. The topological polar surface area (TPSA) is 138 Å². The van der Waals surface area contributed by atoms with Crippen LogP contribution in [0.5, 0.6) is 5.75 Å². The van der Waals surface area contributed by atoms with Gasteiger partial charge in [0.25, 0.3) is 5.56 Å². The van der Waals surface area contributed by atoms with Gasteiger partial charge in [0.2, 0.25) is 10.0 Å². The second kappa shape index (κ2) is 12.6. The predicted molar refractivity (Wildman–Crippen MR) is 180 cm³/mol. The molecule has 15 heteroatoms. The van der Waals surface area contributed by atoms with Gasteiger partial charge in [0.1, 0.15) is 23.2 Å². The Morgan fingerprint density at radius 3 is 2.33 bits per heavy atom. The van der Waals surface area contributed by atoms with Crippen LogP contribution in [-0.4, -0.2) is 46.1 Å². The fraction of sp³-hybridized carbons (Fsp3) is 0.212. The van der Waals surface area contributed by atoms with E-state index in [0.29, 0.717) is 22.5 Å². The number of benzene rings is 3. The number of anilines is 1. The molecule has 6 rings (SSSR count). The third kappa shape index (κ3) is 6.21. The van der Waals surface area contributed by atoms with Crippen LogP contribution >= 0.6 is 11.6 Å². The van der Waals surface area contributed by atoms with E-state index >= 15 is 0 Å². The van der Waals surface area contributed by atoms with E-state index in [9.17, 15) is 22.0 Å². The van der Waals surface area contributed by atoms with Crippen LogP contribution in [0.25, 0.3) is 27.6 Å². The van der Waals surface area contributed by atoms with E-state index < -0.39 is 33.3 Å². The molecule has 0 amide bonds. The van der Waals surface area contributed by atoms with Crippen molar-refractivity contribution in [3.63, 3.8) is 0 Å². The summed E-state index contributed by atoms with van der Waals surface area (Å²) in [5.41, 5.74) is 8.37. The van der Waals surface area contributed by atoms with Gasteiger partial charge in [-0.3, -0.25) is 14.0 Å². The molecule has 11 nitrogen and oxygen atoms in total. The minimum atomic E-state index is -3.91. The Morgan fingerprint density at radius 1 is 1.00 bits per heavy atom. The Morgan fingerprint density at radius 2 is 1.69 bits per heavy atom. The van der Waals surface area contributed by atoms with Crippen LogP contribution < -0.4 is 20.3 Å². The van der Waals surface area contributed by atoms with E-state index in [1.165, 1.54) is 22.4 Å². The first-order valence-corrected chi connectivity index (χ1v) is 16.8. The number of ether oxygens (including phenoxy) is 1. The lowest BCUT2D eigenvalue weighted by atomic mass is 10.0. The number of fused-ring (bicyclic) bond motifs is 2. The van der Waals surface area contributed by atoms with Gasteiger partial charge in [0.05, 0.1) is 53.0 Å². The number of pyridine rings is 1. The monoisotopic (exact) mass is 693 g/mol. The Labute approximate surface area is 279 Å². The van der Waals surface area contributed by atoms with Gasteiger partial charge in [-0.05, 0) is 73.0 Å². The summed E-state index contributed by atoms with van der Waals surface area (Å²) in [7, 11) is -0.782. The quantitative estimate of drug-likeness (QED) is 0.220. The molecule has 0 saturated heterocycles. The maximum atomic E-state index is 14.3. The van der Waals surface area contributed by atoms with Crippen molar-refractivity contribution in [2.24, 2.45) is 12.8 Å². The average Bonchev–Trinajstić information content (AvgIpc) is 3.36. The Hall–Kier alpha value is -4.92. The third-order valence-corrected chi connectivity index (χ3v) is 9.29. The van der Waals surface area contributed by atoms with E-state index in [-0.39, 0.29) is 57.3 Å². The molecule has 0 aliphatic carbocycles. The molecule has 3 heterocycles. The Kier molecular flexibility index (Phi) is 8.66. The maximum Gasteiger partial charge on any atom is 0.267 e.